The molecule has 0 fully saturated rings. The molecule has 1 rings (SSSR count). The van der Waals surface area contributed by atoms with E-state index in [9.17, 15) is 4.79 Å². The smallest absolute Gasteiger partial charge is 0.191 e. The molecular weight excluding hydrogens is 168 g/mol. The zero-order chi connectivity index (χ0) is 9.84. The lowest BCUT2D eigenvalue weighted by Gasteiger charge is -2.04. The van der Waals surface area contributed by atoms with Crippen molar-refractivity contribution in [2.24, 2.45) is 0 Å². The summed E-state index contributed by atoms with van der Waals surface area (Å²) in [6, 6.07) is 1.71. The van der Waals surface area contributed by atoms with Crippen LogP contribution in [0.5, 0.6) is 0 Å². The van der Waals surface area contributed by atoms with E-state index in [1.165, 1.54) is 6.26 Å². The largest absolute Gasteiger partial charge is 0.469 e. The van der Waals surface area contributed by atoms with Gasteiger partial charge in [-0.2, -0.15) is 0 Å². The Bertz CT molecular complexity index is 286. The fraction of sp³-hybridized carbons (Fsp3) is 0.500. The molecule has 3 heteroatoms. The molecule has 0 saturated heterocycles. The Balaban J connectivity index is 2.49. The number of furan rings is 1. The van der Waals surface area contributed by atoms with Crippen molar-refractivity contribution in [2.75, 3.05) is 6.61 Å². The second kappa shape index (κ2) is 4.23. The minimum atomic E-state index is -0.0365. The molecule has 0 spiro atoms. The van der Waals surface area contributed by atoms with Gasteiger partial charge in [-0.3, -0.25) is 4.79 Å². The van der Waals surface area contributed by atoms with Gasteiger partial charge in [-0.05, 0) is 26.8 Å². The fourth-order valence-electron chi connectivity index (χ4n) is 0.915. The maximum absolute atomic E-state index is 11.4. The summed E-state index contributed by atoms with van der Waals surface area (Å²) in [5, 5.41) is 0. The third-order valence-electron chi connectivity index (χ3n) is 1.60. The summed E-state index contributed by atoms with van der Waals surface area (Å²) in [6.45, 7) is 5.72. The SMILES string of the molecule is Cc1cc(C(=O)COC(C)C)co1. The van der Waals surface area contributed by atoms with Crippen molar-refractivity contribution in [1.82, 2.24) is 0 Å². The summed E-state index contributed by atoms with van der Waals surface area (Å²) in [5.74, 6) is 0.707. The van der Waals surface area contributed by atoms with E-state index in [0.717, 1.165) is 5.76 Å². The van der Waals surface area contributed by atoms with Gasteiger partial charge in [-0.25, -0.2) is 0 Å². The van der Waals surface area contributed by atoms with Crippen molar-refractivity contribution in [2.45, 2.75) is 26.9 Å². The number of ether oxygens (including phenoxy) is 1. The van der Waals surface area contributed by atoms with Gasteiger partial charge in [0.05, 0.1) is 11.7 Å². The molecule has 3 nitrogen and oxygen atoms in total. The van der Waals surface area contributed by atoms with Gasteiger partial charge in [0, 0.05) is 0 Å². The third kappa shape index (κ3) is 3.03. The standard InChI is InChI=1S/C10H14O3/c1-7(2)12-6-10(11)9-4-8(3)13-5-9/h4-5,7H,6H2,1-3H3. The average Bonchev–Trinajstić information content (AvgIpc) is 2.47. The molecule has 0 amide bonds. The Morgan fingerprint density at radius 3 is 2.77 bits per heavy atom. The Labute approximate surface area is 77.7 Å². The molecule has 0 aliphatic rings. The summed E-state index contributed by atoms with van der Waals surface area (Å²) >= 11 is 0. The zero-order valence-electron chi connectivity index (χ0n) is 8.16. The first-order valence-electron chi connectivity index (χ1n) is 4.29. The van der Waals surface area contributed by atoms with Crippen molar-refractivity contribution in [3.05, 3.63) is 23.7 Å². The van der Waals surface area contributed by atoms with Crippen LogP contribution in [0.15, 0.2) is 16.7 Å². The molecule has 1 aromatic heterocycles. The van der Waals surface area contributed by atoms with E-state index < -0.39 is 0 Å². The number of carbonyl (C=O) groups excluding carboxylic acids is 1. The number of carbonyl (C=O) groups is 1. The van der Waals surface area contributed by atoms with Crippen molar-refractivity contribution < 1.29 is 13.9 Å². The molecule has 0 aliphatic carbocycles. The Morgan fingerprint density at radius 2 is 2.31 bits per heavy atom. The molecule has 0 unspecified atom stereocenters. The first-order valence-corrected chi connectivity index (χ1v) is 4.29. The molecule has 72 valence electrons. The maximum atomic E-state index is 11.4. The van der Waals surface area contributed by atoms with E-state index in [-0.39, 0.29) is 18.5 Å². The van der Waals surface area contributed by atoms with Crippen LogP contribution < -0.4 is 0 Å². The first kappa shape index (κ1) is 9.99. The Kier molecular flexibility index (Phi) is 3.25. The van der Waals surface area contributed by atoms with E-state index in [2.05, 4.69) is 0 Å². The normalized spacial score (nSPS) is 10.8. The second-order valence-corrected chi connectivity index (χ2v) is 3.23. The predicted octanol–water partition coefficient (Wildman–Crippen LogP) is 2.20. The fourth-order valence-corrected chi connectivity index (χ4v) is 0.915. The highest BCUT2D eigenvalue weighted by molar-refractivity contribution is 5.96. The van der Waals surface area contributed by atoms with Gasteiger partial charge in [0.1, 0.15) is 18.6 Å². The average molecular weight is 182 g/mol. The summed E-state index contributed by atoms with van der Waals surface area (Å²) in [7, 11) is 0. The molecule has 1 aromatic rings. The summed E-state index contributed by atoms with van der Waals surface area (Å²) in [4.78, 5) is 11.4. The summed E-state index contributed by atoms with van der Waals surface area (Å²) < 4.78 is 10.2. The lowest BCUT2D eigenvalue weighted by atomic mass is 10.2. The van der Waals surface area contributed by atoms with Gasteiger partial charge in [0.2, 0.25) is 0 Å². The van der Waals surface area contributed by atoms with E-state index in [4.69, 9.17) is 9.15 Å². The van der Waals surface area contributed by atoms with E-state index in [1.807, 2.05) is 13.8 Å². The molecule has 1 heterocycles. The van der Waals surface area contributed by atoms with Gasteiger partial charge in [-0.15, -0.1) is 0 Å². The molecule has 0 atom stereocenters. The number of ketones is 1. The first-order chi connectivity index (χ1) is 6.09. The Morgan fingerprint density at radius 1 is 1.62 bits per heavy atom. The van der Waals surface area contributed by atoms with Crippen molar-refractivity contribution in [3.8, 4) is 0 Å². The van der Waals surface area contributed by atoms with Crippen LogP contribution in [0.1, 0.15) is 30.0 Å². The number of Topliss-reactive ketones (excluding diaryl/α,β-unsaturated/α-hetero) is 1. The highest BCUT2D eigenvalue weighted by Crippen LogP contribution is 2.07. The zero-order valence-corrected chi connectivity index (χ0v) is 8.16. The van der Waals surface area contributed by atoms with Crippen molar-refractivity contribution >= 4 is 5.78 Å². The second-order valence-electron chi connectivity index (χ2n) is 3.23. The lowest BCUT2D eigenvalue weighted by Crippen LogP contribution is -2.12. The number of hydrogen-bond donors (Lipinski definition) is 0. The van der Waals surface area contributed by atoms with Crippen LogP contribution in [0.3, 0.4) is 0 Å². The predicted molar refractivity (Wildman–Crippen MR) is 48.9 cm³/mol. The third-order valence-corrected chi connectivity index (χ3v) is 1.60. The molecule has 0 N–H and O–H groups in total. The van der Waals surface area contributed by atoms with Crippen LogP contribution >= 0.6 is 0 Å². The van der Waals surface area contributed by atoms with Crippen LogP contribution in [0.4, 0.5) is 0 Å². The number of rotatable bonds is 4. The lowest BCUT2D eigenvalue weighted by molar-refractivity contribution is 0.0584. The highest BCUT2D eigenvalue weighted by Gasteiger charge is 2.09. The van der Waals surface area contributed by atoms with Gasteiger partial charge in [0.25, 0.3) is 0 Å². The van der Waals surface area contributed by atoms with Crippen LogP contribution in [-0.4, -0.2) is 18.5 Å². The molecule has 0 aliphatic heterocycles. The molecule has 13 heavy (non-hydrogen) atoms. The Hall–Kier alpha value is -1.09. The number of aryl methyl sites for hydroxylation is 1. The van der Waals surface area contributed by atoms with Gasteiger partial charge in [-0.1, -0.05) is 0 Å². The van der Waals surface area contributed by atoms with Crippen LogP contribution in [0.25, 0.3) is 0 Å². The maximum Gasteiger partial charge on any atom is 0.191 e. The van der Waals surface area contributed by atoms with Crippen LogP contribution in [0.2, 0.25) is 0 Å². The highest BCUT2D eigenvalue weighted by atomic mass is 16.5. The van der Waals surface area contributed by atoms with E-state index in [1.54, 1.807) is 13.0 Å². The monoisotopic (exact) mass is 182 g/mol. The number of hydrogen-bond acceptors (Lipinski definition) is 3. The van der Waals surface area contributed by atoms with Crippen molar-refractivity contribution in [1.29, 1.82) is 0 Å². The molecule has 0 saturated carbocycles. The summed E-state index contributed by atoms with van der Waals surface area (Å²) in [5.41, 5.74) is 0.582. The topological polar surface area (TPSA) is 39.4 Å². The quantitative estimate of drug-likeness (QED) is 0.670. The molecule has 0 bridgehead atoms. The van der Waals surface area contributed by atoms with E-state index in [0.29, 0.717) is 5.56 Å². The van der Waals surface area contributed by atoms with Crippen molar-refractivity contribution in [3.63, 3.8) is 0 Å². The minimum Gasteiger partial charge on any atom is -0.469 e. The molecule has 0 aromatic carbocycles. The molecule has 0 radical (unpaired) electrons. The van der Waals surface area contributed by atoms with Gasteiger partial charge in [0.15, 0.2) is 5.78 Å². The van der Waals surface area contributed by atoms with Crippen LogP contribution in [0, 0.1) is 6.92 Å². The van der Waals surface area contributed by atoms with Gasteiger partial charge >= 0.3 is 0 Å². The molecular formula is C10H14O3. The minimum absolute atomic E-state index is 0.0365. The van der Waals surface area contributed by atoms with Gasteiger partial charge < -0.3 is 9.15 Å². The van der Waals surface area contributed by atoms with Crippen LogP contribution in [-0.2, 0) is 4.74 Å². The van der Waals surface area contributed by atoms with E-state index >= 15 is 0 Å². The summed E-state index contributed by atoms with van der Waals surface area (Å²) in [6.07, 6.45) is 1.54.